The van der Waals surface area contributed by atoms with E-state index in [1.54, 1.807) is 0 Å². The Morgan fingerprint density at radius 2 is 2.06 bits per heavy atom. The van der Waals surface area contributed by atoms with Crippen LogP contribution in [0.1, 0.15) is 44.2 Å². The minimum Gasteiger partial charge on any atom is -0.361 e. The average Bonchev–Trinajstić information content (AvgIpc) is 2.73. The lowest BCUT2D eigenvalue weighted by Gasteiger charge is -2.10. The van der Waals surface area contributed by atoms with Crippen molar-refractivity contribution in [3.63, 3.8) is 0 Å². The molecule has 2 heteroatoms. The van der Waals surface area contributed by atoms with Gasteiger partial charge in [0.05, 0.1) is 0 Å². The summed E-state index contributed by atoms with van der Waals surface area (Å²) >= 11 is 0. The van der Waals surface area contributed by atoms with Crippen LogP contribution >= 0.6 is 0 Å². The summed E-state index contributed by atoms with van der Waals surface area (Å²) in [7, 11) is 0. The van der Waals surface area contributed by atoms with E-state index in [1.807, 2.05) is 6.07 Å². The molecule has 1 heterocycles. The summed E-state index contributed by atoms with van der Waals surface area (Å²) < 4.78 is 0. The van der Waals surface area contributed by atoms with Gasteiger partial charge in [0.25, 0.3) is 0 Å². The van der Waals surface area contributed by atoms with Crippen LogP contribution in [0.3, 0.4) is 0 Å². The molecule has 0 radical (unpaired) electrons. The van der Waals surface area contributed by atoms with Gasteiger partial charge in [-0.3, -0.25) is 0 Å². The van der Waals surface area contributed by atoms with Gasteiger partial charge in [-0.1, -0.05) is 44.4 Å². The quantitative estimate of drug-likeness (QED) is 0.734. The zero-order valence-electron chi connectivity index (χ0n) is 9.87. The Morgan fingerprint density at radius 1 is 1.25 bits per heavy atom. The molecule has 0 saturated carbocycles. The van der Waals surface area contributed by atoms with Gasteiger partial charge in [0.15, 0.2) is 0 Å². The molecule has 86 valence electrons. The molecule has 0 unspecified atom stereocenters. The summed E-state index contributed by atoms with van der Waals surface area (Å²) in [6.45, 7) is 2.22. The molecule has 16 heavy (non-hydrogen) atoms. The minimum atomic E-state index is 0.169. The Labute approximate surface area is 96.9 Å². The number of fused-ring (bicyclic) bond motifs is 1. The van der Waals surface area contributed by atoms with Gasteiger partial charge in [0.1, 0.15) is 0 Å². The monoisotopic (exact) mass is 216 g/mol. The third kappa shape index (κ3) is 2.27. The highest BCUT2D eigenvalue weighted by atomic mass is 14.7. The van der Waals surface area contributed by atoms with Crippen LogP contribution in [0.25, 0.3) is 10.9 Å². The molecule has 0 spiro atoms. The van der Waals surface area contributed by atoms with Gasteiger partial charge >= 0.3 is 0 Å². The molecule has 2 aromatic rings. The Hall–Kier alpha value is -1.28. The lowest BCUT2D eigenvalue weighted by atomic mass is 10.0. The van der Waals surface area contributed by atoms with Gasteiger partial charge in [-0.2, -0.15) is 0 Å². The number of hydrogen-bond donors (Lipinski definition) is 2. The van der Waals surface area contributed by atoms with Crippen LogP contribution in [0.5, 0.6) is 0 Å². The molecule has 2 nitrogen and oxygen atoms in total. The lowest BCUT2D eigenvalue weighted by Crippen LogP contribution is -2.09. The Balaban J connectivity index is 2.13. The fourth-order valence-corrected chi connectivity index (χ4v) is 2.17. The predicted molar refractivity (Wildman–Crippen MR) is 69.4 cm³/mol. The van der Waals surface area contributed by atoms with Crippen molar-refractivity contribution in [3.05, 3.63) is 36.0 Å². The average molecular weight is 216 g/mol. The highest BCUT2D eigenvalue weighted by Crippen LogP contribution is 2.25. The van der Waals surface area contributed by atoms with Crippen molar-refractivity contribution < 1.29 is 0 Å². The molecular formula is C14H20N2. The maximum absolute atomic E-state index is 6.23. The number of hydrogen-bond acceptors (Lipinski definition) is 1. The Kier molecular flexibility index (Phi) is 3.62. The molecule has 0 fully saturated rings. The van der Waals surface area contributed by atoms with Gasteiger partial charge in [-0.15, -0.1) is 0 Å². The van der Waals surface area contributed by atoms with E-state index in [-0.39, 0.29) is 6.04 Å². The van der Waals surface area contributed by atoms with E-state index in [9.17, 15) is 0 Å². The van der Waals surface area contributed by atoms with Gasteiger partial charge in [-0.25, -0.2) is 0 Å². The number of nitrogens with two attached hydrogens (primary N) is 1. The van der Waals surface area contributed by atoms with Crippen LogP contribution in [0.15, 0.2) is 30.5 Å². The second kappa shape index (κ2) is 5.17. The number of H-pyrrole nitrogens is 1. The molecule has 1 aromatic carbocycles. The first-order valence-corrected chi connectivity index (χ1v) is 6.14. The molecule has 0 aliphatic carbocycles. The predicted octanol–water partition coefficient (Wildman–Crippen LogP) is 3.75. The second-order valence-corrected chi connectivity index (χ2v) is 4.39. The highest BCUT2D eigenvalue weighted by molar-refractivity contribution is 5.83. The summed E-state index contributed by atoms with van der Waals surface area (Å²) in [6.07, 6.45) is 6.88. The maximum Gasteiger partial charge on any atom is 0.0457 e. The molecule has 1 atom stereocenters. The maximum atomic E-state index is 6.23. The SMILES string of the molecule is CCCCC[C@H](N)c1c[nH]c2ccccc12. The molecule has 0 amide bonds. The number of unbranched alkanes of at least 4 members (excludes halogenated alkanes) is 2. The molecule has 3 N–H and O–H groups in total. The second-order valence-electron chi connectivity index (χ2n) is 4.39. The smallest absolute Gasteiger partial charge is 0.0457 e. The van der Waals surface area contributed by atoms with Gasteiger partial charge < -0.3 is 10.7 Å². The molecule has 1 aromatic heterocycles. The van der Waals surface area contributed by atoms with Crippen molar-refractivity contribution in [2.45, 2.75) is 38.6 Å². The molecule has 0 aliphatic heterocycles. The zero-order valence-corrected chi connectivity index (χ0v) is 9.87. The van der Waals surface area contributed by atoms with E-state index >= 15 is 0 Å². The largest absolute Gasteiger partial charge is 0.361 e. The highest BCUT2D eigenvalue weighted by Gasteiger charge is 2.10. The van der Waals surface area contributed by atoms with Crippen molar-refractivity contribution in [2.24, 2.45) is 5.73 Å². The third-order valence-corrected chi connectivity index (χ3v) is 3.14. The van der Waals surface area contributed by atoms with Crippen LogP contribution in [0.2, 0.25) is 0 Å². The molecule has 0 aliphatic rings. The van der Waals surface area contributed by atoms with Gasteiger partial charge in [0.2, 0.25) is 0 Å². The van der Waals surface area contributed by atoms with E-state index < -0.39 is 0 Å². The van der Waals surface area contributed by atoms with Crippen molar-refractivity contribution in [3.8, 4) is 0 Å². The summed E-state index contributed by atoms with van der Waals surface area (Å²) in [5, 5.41) is 1.27. The first-order chi connectivity index (χ1) is 7.83. The molecule has 0 bridgehead atoms. The van der Waals surface area contributed by atoms with Crippen LogP contribution in [-0.2, 0) is 0 Å². The van der Waals surface area contributed by atoms with Crippen LogP contribution in [0, 0.1) is 0 Å². The molecule has 2 rings (SSSR count). The topological polar surface area (TPSA) is 41.8 Å². The standard InChI is InChI=1S/C14H20N2/c1-2-3-4-8-13(15)12-10-16-14-9-6-5-7-11(12)14/h5-7,9-10,13,16H,2-4,8,15H2,1H3/t13-/m0/s1. The fraction of sp³-hybridized carbons (Fsp3) is 0.429. The molecule has 0 saturated heterocycles. The summed E-state index contributed by atoms with van der Waals surface area (Å²) in [6, 6.07) is 8.52. The number of rotatable bonds is 5. The number of para-hydroxylation sites is 1. The van der Waals surface area contributed by atoms with E-state index in [0.29, 0.717) is 0 Å². The zero-order chi connectivity index (χ0) is 11.4. The first kappa shape index (κ1) is 11.2. The van der Waals surface area contributed by atoms with E-state index in [4.69, 9.17) is 5.73 Å². The lowest BCUT2D eigenvalue weighted by molar-refractivity contribution is 0.584. The summed E-state index contributed by atoms with van der Waals surface area (Å²) in [5.74, 6) is 0. The van der Waals surface area contributed by atoms with Crippen LogP contribution in [-0.4, -0.2) is 4.98 Å². The van der Waals surface area contributed by atoms with E-state index in [1.165, 1.54) is 35.7 Å². The van der Waals surface area contributed by atoms with Crippen molar-refractivity contribution >= 4 is 10.9 Å². The van der Waals surface area contributed by atoms with E-state index in [2.05, 4.69) is 36.3 Å². The Morgan fingerprint density at radius 3 is 2.88 bits per heavy atom. The number of nitrogens with one attached hydrogen (secondary N) is 1. The summed E-state index contributed by atoms with van der Waals surface area (Å²) in [4.78, 5) is 3.28. The Bertz CT molecular complexity index is 445. The minimum absolute atomic E-state index is 0.169. The van der Waals surface area contributed by atoms with Gasteiger partial charge in [-0.05, 0) is 18.1 Å². The third-order valence-electron chi connectivity index (χ3n) is 3.14. The fourth-order valence-electron chi connectivity index (χ4n) is 2.17. The summed E-state index contributed by atoms with van der Waals surface area (Å²) in [5.41, 5.74) is 8.67. The van der Waals surface area contributed by atoms with Crippen molar-refractivity contribution in [1.82, 2.24) is 4.98 Å². The first-order valence-electron chi connectivity index (χ1n) is 6.14. The molecular weight excluding hydrogens is 196 g/mol. The van der Waals surface area contributed by atoms with Crippen molar-refractivity contribution in [1.29, 1.82) is 0 Å². The van der Waals surface area contributed by atoms with Crippen molar-refractivity contribution in [2.75, 3.05) is 0 Å². The van der Waals surface area contributed by atoms with Crippen LogP contribution < -0.4 is 5.73 Å². The normalized spacial score (nSPS) is 13.1. The van der Waals surface area contributed by atoms with E-state index in [0.717, 1.165) is 6.42 Å². The number of aromatic amines is 1. The number of aromatic nitrogens is 1. The number of benzene rings is 1. The van der Waals surface area contributed by atoms with Crippen LogP contribution in [0.4, 0.5) is 0 Å². The van der Waals surface area contributed by atoms with Gasteiger partial charge in [0, 0.05) is 23.1 Å².